The summed E-state index contributed by atoms with van der Waals surface area (Å²) in [4.78, 5) is 2.30. The van der Waals surface area contributed by atoms with Gasteiger partial charge in [-0.1, -0.05) is 23.2 Å². The summed E-state index contributed by atoms with van der Waals surface area (Å²) in [5, 5.41) is 22.5. The average molecular weight is 353 g/mol. The lowest BCUT2D eigenvalue weighted by Crippen LogP contribution is -2.39. The monoisotopic (exact) mass is 352 g/mol. The number of phenolic OH excluding ortho intramolecular Hbond substituents is 1. The van der Waals surface area contributed by atoms with E-state index in [2.05, 4.69) is 27.5 Å². The lowest BCUT2D eigenvalue weighted by molar-refractivity contribution is 0.260. The molecule has 1 atom stereocenters. The second-order valence-electron chi connectivity index (χ2n) is 5.83. The van der Waals surface area contributed by atoms with Gasteiger partial charge in [0.1, 0.15) is 11.6 Å². The SMILES string of the molecule is CN1CCCC(Nc2ccc(-c3c(O)cc(Cl)cc3Cl)nn2)C1. The predicted molar refractivity (Wildman–Crippen MR) is 93.3 cm³/mol. The Morgan fingerprint density at radius 1 is 1.26 bits per heavy atom. The minimum absolute atomic E-state index is 0.00795. The van der Waals surface area contributed by atoms with Gasteiger partial charge in [-0.2, -0.15) is 0 Å². The van der Waals surface area contributed by atoms with Crippen LogP contribution >= 0.6 is 23.2 Å². The number of hydrogen-bond acceptors (Lipinski definition) is 5. The van der Waals surface area contributed by atoms with Crippen LogP contribution in [0.3, 0.4) is 0 Å². The van der Waals surface area contributed by atoms with E-state index in [1.165, 1.54) is 12.5 Å². The predicted octanol–water partition coefficient (Wildman–Crippen LogP) is 3.66. The summed E-state index contributed by atoms with van der Waals surface area (Å²) < 4.78 is 0. The normalized spacial score (nSPS) is 18.8. The van der Waals surface area contributed by atoms with E-state index >= 15 is 0 Å². The summed E-state index contributed by atoms with van der Waals surface area (Å²) in [5.74, 6) is 0.713. The van der Waals surface area contributed by atoms with Crippen molar-refractivity contribution in [2.45, 2.75) is 18.9 Å². The Morgan fingerprint density at radius 3 is 2.74 bits per heavy atom. The van der Waals surface area contributed by atoms with Crippen LogP contribution in [0.5, 0.6) is 5.75 Å². The smallest absolute Gasteiger partial charge is 0.148 e. The van der Waals surface area contributed by atoms with Crippen molar-refractivity contribution in [3.63, 3.8) is 0 Å². The van der Waals surface area contributed by atoms with Crippen LogP contribution in [0.2, 0.25) is 10.0 Å². The molecule has 0 saturated carbocycles. The molecule has 7 heteroatoms. The topological polar surface area (TPSA) is 61.3 Å². The number of nitrogens with zero attached hydrogens (tertiary/aromatic N) is 3. The van der Waals surface area contributed by atoms with Gasteiger partial charge < -0.3 is 15.3 Å². The molecule has 1 aromatic heterocycles. The third kappa shape index (κ3) is 3.86. The lowest BCUT2D eigenvalue weighted by atomic mass is 10.1. The van der Waals surface area contributed by atoms with E-state index < -0.39 is 0 Å². The van der Waals surface area contributed by atoms with Crippen LogP contribution in [0, 0.1) is 0 Å². The number of likely N-dealkylation sites (N-methyl/N-ethyl adjacent to an activating group) is 1. The minimum atomic E-state index is -0.00795. The highest BCUT2D eigenvalue weighted by Crippen LogP contribution is 2.37. The zero-order chi connectivity index (χ0) is 16.4. The van der Waals surface area contributed by atoms with Crippen LogP contribution < -0.4 is 5.32 Å². The molecule has 1 fully saturated rings. The van der Waals surface area contributed by atoms with E-state index in [0.717, 1.165) is 25.3 Å². The quantitative estimate of drug-likeness (QED) is 0.882. The Kier molecular flexibility index (Phi) is 4.90. The molecule has 1 unspecified atom stereocenters. The third-order valence-electron chi connectivity index (χ3n) is 3.93. The molecule has 2 N–H and O–H groups in total. The number of halogens is 2. The summed E-state index contributed by atoms with van der Waals surface area (Å²) in [6.07, 6.45) is 2.30. The largest absolute Gasteiger partial charge is 0.507 e. The first-order valence-corrected chi connectivity index (χ1v) is 8.25. The van der Waals surface area contributed by atoms with Crippen molar-refractivity contribution >= 4 is 29.0 Å². The van der Waals surface area contributed by atoms with Crippen molar-refractivity contribution in [2.75, 3.05) is 25.5 Å². The maximum atomic E-state index is 10.0. The molecule has 0 bridgehead atoms. The number of aromatic nitrogens is 2. The number of hydrogen-bond donors (Lipinski definition) is 2. The highest BCUT2D eigenvalue weighted by molar-refractivity contribution is 6.36. The van der Waals surface area contributed by atoms with E-state index in [-0.39, 0.29) is 5.75 Å². The minimum Gasteiger partial charge on any atom is -0.507 e. The number of nitrogens with one attached hydrogen (secondary N) is 1. The molecular formula is C16H18Cl2N4O. The Morgan fingerprint density at radius 2 is 2.09 bits per heavy atom. The van der Waals surface area contributed by atoms with Crippen molar-refractivity contribution in [1.29, 1.82) is 0 Å². The Hall–Kier alpha value is -1.56. The molecule has 0 spiro atoms. The molecule has 0 amide bonds. The summed E-state index contributed by atoms with van der Waals surface area (Å²) in [7, 11) is 2.12. The molecule has 122 valence electrons. The van der Waals surface area contributed by atoms with Crippen LogP contribution in [0.4, 0.5) is 5.82 Å². The van der Waals surface area contributed by atoms with Gasteiger partial charge in [-0.3, -0.25) is 0 Å². The van der Waals surface area contributed by atoms with Crippen molar-refractivity contribution in [1.82, 2.24) is 15.1 Å². The first-order chi connectivity index (χ1) is 11.0. The molecule has 23 heavy (non-hydrogen) atoms. The summed E-state index contributed by atoms with van der Waals surface area (Å²) in [6, 6.07) is 7.03. The van der Waals surface area contributed by atoms with Gasteiger partial charge in [0.05, 0.1) is 16.3 Å². The van der Waals surface area contributed by atoms with Gasteiger partial charge >= 0.3 is 0 Å². The second kappa shape index (κ2) is 6.91. The van der Waals surface area contributed by atoms with Crippen molar-refractivity contribution in [3.05, 3.63) is 34.3 Å². The lowest BCUT2D eigenvalue weighted by Gasteiger charge is -2.30. The molecule has 1 aliphatic rings. The number of likely N-dealkylation sites (tertiary alicyclic amines) is 1. The zero-order valence-corrected chi connectivity index (χ0v) is 14.3. The molecule has 0 aliphatic carbocycles. The molecule has 2 heterocycles. The fourth-order valence-corrected chi connectivity index (χ4v) is 3.43. The third-order valence-corrected chi connectivity index (χ3v) is 4.45. The van der Waals surface area contributed by atoms with Gasteiger partial charge in [0.15, 0.2) is 0 Å². The van der Waals surface area contributed by atoms with Gasteiger partial charge in [-0.05, 0) is 50.7 Å². The van der Waals surface area contributed by atoms with Gasteiger partial charge in [0.2, 0.25) is 0 Å². The highest BCUT2D eigenvalue weighted by Gasteiger charge is 2.18. The van der Waals surface area contributed by atoms with E-state index in [0.29, 0.717) is 27.3 Å². The van der Waals surface area contributed by atoms with E-state index in [1.807, 2.05) is 6.07 Å². The number of benzene rings is 1. The van der Waals surface area contributed by atoms with Crippen molar-refractivity contribution < 1.29 is 5.11 Å². The summed E-state index contributed by atoms with van der Waals surface area (Å²) in [6.45, 7) is 2.13. The Labute approximate surface area is 145 Å². The molecule has 0 radical (unpaired) electrons. The molecule has 3 rings (SSSR count). The van der Waals surface area contributed by atoms with Crippen LogP contribution in [0.25, 0.3) is 11.3 Å². The number of aromatic hydroxyl groups is 1. The standard InChI is InChI=1S/C16H18Cl2N4O/c1-22-6-2-3-11(9-22)19-15-5-4-13(20-21-15)16-12(18)7-10(17)8-14(16)23/h4-5,7-8,11,23H,2-3,6,9H2,1H3,(H,19,21). The average Bonchev–Trinajstić information content (AvgIpc) is 2.48. The van der Waals surface area contributed by atoms with Crippen LogP contribution in [0.1, 0.15) is 12.8 Å². The molecule has 1 saturated heterocycles. The van der Waals surface area contributed by atoms with Gasteiger partial charge in [-0.25, -0.2) is 0 Å². The molecule has 1 aromatic carbocycles. The zero-order valence-electron chi connectivity index (χ0n) is 12.8. The van der Waals surface area contributed by atoms with Crippen LogP contribution in [-0.4, -0.2) is 46.4 Å². The molecule has 5 nitrogen and oxygen atoms in total. The number of rotatable bonds is 3. The number of piperidine rings is 1. The fourth-order valence-electron chi connectivity index (χ4n) is 2.85. The number of anilines is 1. The maximum Gasteiger partial charge on any atom is 0.148 e. The Balaban J connectivity index is 1.77. The summed E-state index contributed by atoms with van der Waals surface area (Å²) >= 11 is 12.0. The second-order valence-corrected chi connectivity index (χ2v) is 6.67. The molecular weight excluding hydrogens is 335 g/mol. The number of phenols is 1. The van der Waals surface area contributed by atoms with Gasteiger partial charge in [0.25, 0.3) is 0 Å². The summed E-state index contributed by atoms with van der Waals surface area (Å²) in [5.41, 5.74) is 0.947. The van der Waals surface area contributed by atoms with Gasteiger partial charge in [-0.15, -0.1) is 10.2 Å². The van der Waals surface area contributed by atoms with E-state index in [4.69, 9.17) is 23.2 Å². The first-order valence-electron chi connectivity index (χ1n) is 7.50. The fraction of sp³-hybridized carbons (Fsp3) is 0.375. The van der Waals surface area contributed by atoms with Crippen LogP contribution in [-0.2, 0) is 0 Å². The van der Waals surface area contributed by atoms with Crippen molar-refractivity contribution in [2.24, 2.45) is 0 Å². The van der Waals surface area contributed by atoms with Crippen molar-refractivity contribution in [3.8, 4) is 17.0 Å². The highest BCUT2D eigenvalue weighted by atomic mass is 35.5. The van der Waals surface area contributed by atoms with Gasteiger partial charge in [0, 0.05) is 17.6 Å². The Bertz CT molecular complexity index is 670. The molecule has 1 aliphatic heterocycles. The molecule has 2 aromatic rings. The first kappa shape index (κ1) is 16.3. The van der Waals surface area contributed by atoms with Crippen LogP contribution in [0.15, 0.2) is 24.3 Å². The van der Waals surface area contributed by atoms with E-state index in [1.54, 1.807) is 12.1 Å². The maximum absolute atomic E-state index is 10.0. The van der Waals surface area contributed by atoms with E-state index in [9.17, 15) is 5.11 Å².